The summed E-state index contributed by atoms with van der Waals surface area (Å²) in [5.74, 6) is -2.79. The van der Waals surface area contributed by atoms with Crippen molar-refractivity contribution in [3.63, 3.8) is 0 Å². The molecular weight excluding hydrogens is 501 g/mol. The molecule has 0 heterocycles. The summed E-state index contributed by atoms with van der Waals surface area (Å²) in [6, 6.07) is 0. The minimum atomic E-state index is -4.89. The maximum absolute atomic E-state index is 11.8. The number of halogens is 4. The summed E-state index contributed by atoms with van der Waals surface area (Å²) < 4.78 is 39.5. The van der Waals surface area contributed by atoms with Crippen LogP contribution in [-0.2, 0) is 19.1 Å². The van der Waals surface area contributed by atoms with E-state index < -0.39 is 18.1 Å². The van der Waals surface area contributed by atoms with Gasteiger partial charge in [-0.2, -0.15) is 13.2 Å². The zero-order valence-electron chi connectivity index (χ0n) is 21.6. The van der Waals surface area contributed by atoms with Crippen LogP contribution in [0.4, 0.5) is 13.2 Å². The van der Waals surface area contributed by atoms with Crippen LogP contribution in [0.3, 0.4) is 0 Å². The van der Waals surface area contributed by atoms with Gasteiger partial charge >= 0.3 is 18.1 Å². The van der Waals surface area contributed by atoms with Gasteiger partial charge in [0.1, 0.15) is 0 Å². The third-order valence-electron chi connectivity index (χ3n) is 5.53. The van der Waals surface area contributed by atoms with E-state index in [9.17, 15) is 27.6 Å². The van der Waals surface area contributed by atoms with Gasteiger partial charge in [0.25, 0.3) is 0 Å². The molecule has 0 aliphatic heterocycles. The molecule has 2 N–H and O–H groups in total. The minimum Gasteiger partial charge on any atom is -0.481 e. The summed E-state index contributed by atoms with van der Waals surface area (Å²) >= 11 is 5.21. The van der Waals surface area contributed by atoms with E-state index >= 15 is 0 Å². The number of ether oxygens (including phenoxy) is 1. The number of aliphatic hydroxyl groups is 1. The van der Waals surface area contributed by atoms with Gasteiger partial charge in [-0.15, -0.1) is 0 Å². The Morgan fingerprint density at radius 1 is 0.611 bits per heavy atom. The van der Waals surface area contributed by atoms with Crippen molar-refractivity contribution in [1.29, 1.82) is 0 Å². The number of aliphatic carboxylic acids is 1. The summed E-state index contributed by atoms with van der Waals surface area (Å²) in [6.07, 6.45) is 14.1. The van der Waals surface area contributed by atoms with Crippen molar-refractivity contribution in [3.05, 3.63) is 0 Å². The molecule has 36 heavy (non-hydrogen) atoms. The highest BCUT2D eigenvalue weighted by atomic mass is 35.5. The van der Waals surface area contributed by atoms with Crippen molar-refractivity contribution in [2.24, 2.45) is 0 Å². The SMILES string of the molecule is O=C(Cl)CCCCCCCCCCCOC(=O)C(F)(F)F.O=C(O)CCCCCCCCCCCO. The largest absolute Gasteiger partial charge is 0.490 e. The molecule has 6 nitrogen and oxygen atoms in total. The number of hydrogen-bond donors (Lipinski definition) is 2. The number of aliphatic hydroxyl groups excluding tert-OH is 1. The lowest BCUT2D eigenvalue weighted by molar-refractivity contribution is -0.199. The van der Waals surface area contributed by atoms with Gasteiger partial charge in [0.15, 0.2) is 0 Å². The average molecular weight is 547 g/mol. The first-order valence-electron chi connectivity index (χ1n) is 13.4. The zero-order chi connectivity index (χ0) is 27.5. The quantitative estimate of drug-likeness (QED) is 0.0772. The molecule has 214 valence electrons. The van der Waals surface area contributed by atoms with Crippen molar-refractivity contribution in [2.75, 3.05) is 13.2 Å². The van der Waals surface area contributed by atoms with E-state index in [-0.39, 0.29) is 11.8 Å². The fourth-order valence-corrected chi connectivity index (χ4v) is 3.61. The van der Waals surface area contributed by atoms with E-state index in [1.807, 2.05) is 0 Å². The monoisotopic (exact) mass is 546 g/mol. The first kappa shape index (κ1) is 36.8. The fourth-order valence-electron chi connectivity index (χ4n) is 3.48. The predicted molar refractivity (Wildman–Crippen MR) is 135 cm³/mol. The molecule has 0 fully saturated rings. The van der Waals surface area contributed by atoms with Crippen molar-refractivity contribution >= 4 is 28.8 Å². The Morgan fingerprint density at radius 3 is 1.33 bits per heavy atom. The Bertz CT molecular complexity index is 544. The number of carbonyl (C=O) groups is 3. The van der Waals surface area contributed by atoms with E-state index in [1.54, 1.807) is 0 Å². The maximum Gasteiger partial charge on any atom is 0.490 e. The van der Waals surface area contributed by atoms with Crippen LogP contribution in [0.15, 0.2) is 0 Å². The number of carboxylic acids is 1. The first-order chi connectivity index (χ1) is 17.1. The molecule has 0 aliphatic rings. The Labute approximate surface area is 219 Å². The Balaban J connectivity index is 0. The second kappa shape index (κ2) is 26.7. The lowest BCUT2D eigenvalue weighted by Crippen LogP contribution is -2.25. The second-order valence-electron chi connectivity index (χ2n) is 8.97. The van der Waals surface area contributed by atoms with E-state index in [0.717, 1.165) is 83.5 Å². The molecule has 0 spiro atoms. The van der Waals surface area contributed by atoms with E-state index in [0.29, 0.717) is 25.9 Å². The molecule has 0 aliphatic carbocycles. The van der Waals surface area contributed by atoms with Crippen molar-refractivity contribution < 1.29 is 42.5 Å². The summed E-state index contributed by atoms with van der Waals surface area (Å²) in [5, 5.41) is 16.7. The molecule has 10 heteroatoms. The van der Waals surface area contributed by atoms with Crippen molar-refractivity contribution in [2.45, 2.75) is 135 Å². The van der Waals surface area contributed by atoms with Crippen LogP contribution in [0, 0.1) is 0 Å². The number of hydrogen-bond acceptors (Lipinski definition) is 5. The smallest absolute Gasteiger partial charge is 0.481 e. The number of unbranched alkanes of at least 4 members (excludes halogenated alkanes) is 16. The van der Waals surface area contributed by atoms with E-state index in [2.05, 4.69) is 4.74 Å². The molecule has 0 unspecified atom stereocenters. The second-order valence-corrected chi connectivity index (χ2v) is 9.39. The number of carboxylic acid groups (broad SMARTS) is 1. The highest BCUT2D eigenvalue weighted by Crippen LogP contribution is 2.17. The number of alkyl halides is 3. The van der Waals surface area contributed by atoms with Gasteiger partial charge in [-0.25, -0.2) is 4.79 Å². The Morgan fingerprint density at radius 2 is 0.972 bits per heavy atom. The maximum atomic E-state index is 11.8. The van der Waals surface area contributed by atoms with E-state index in [4.69, 9.17) is 21.8 Å². The molecule has 0 radical (unpaired) electrons. The van der Waals surface area contributed by atoms with Gasteiger partial charge in [-0.05, 0) is 37.3 Å². The molecule has 0 amide bonds. The molecule has 0 bridgehead atoms. The third-order valence-corrected chi connectivity index (χ3v) is 5.72. The summed E-state index contributed by atoms with van der Waals surface area (Å²) in [5.41, 5.74) is 0. The van der Waals surface area contributed by atoms with Gasteiger partial charge in [-0.3, -0.25) is 9.59 Å². The van der Waals surface area contributed by atoms with Gasteiger partial charge in [0.2, 0.25) is 5.24 Å². The van der Waals surface area contributed by atoms with Crippen LogP contribution in [0.1, 0.15) is 128 Å². The number of esters is 1. The Kier molecular flexibility index (Phi) is 27.3. The number of rotatable bonds is 23. The molecule has 0 aromatic rings. The summed E-state index contributed by atoms with van der Waals surface area (Å²) in [4.78, 5) is 31.1. The summed E-state index contributed by atoms with van der Waals surface area (Å²) in [6.45, 7) is 0.139. The van der Waals surface area contributed by atoms with Crippen LogP contribution in [0.5, 0.6) is 0 Å². The summed E-state index contributed by atoms with van der Waals surface area (Å²) in [7, 11) is 0. The molecule has 0 aromatic heterocycles. The predicted octanol–water partition coefficient (Wildman–Crippen LogP) is 7.72. The molecule has 0 saturated heterocycles. The normalized spacial score (nSPS) is 11.0. The van der Waals surface area contributed by atoms with Gasteiger partial charge < -0.3 is 14.9 Å². The lowest BCUT2D eigenvalue weighted by Gasteiger charge is -2.07. The molecule has 0 atom stereocenters. The zero-order valence-corrected chi connectivity index (χ0v) is 22.4. The topological polar surface area (TPSA) is 101 Å². The van der Waals surface area contributed by atoms with Gasteiger partial charge in [0, 0.05) is 19.4 Å². The van der Waals surface area contributed by atoms with Crippen LogP contribution in [0.25, 0.3) is 0 Å². The average Bonchev–Trinajstić information content (AvgIpc) is 2.80. The van der Waals surface area contributed by atoms with Crippen LogP contribution in [0.2, 0.25) is 0 Å². The molecule has 0 rings (SSSR count). The van der Waals surface area contributed by atoms with Gasteiger partial charge in [-0.1, -0.05) is 89.9 Å². The van der Waals surface area contributed by atoms with E-state index in [1.165, 1.54) is 25.7 Å². The minimum absolute atomic E-state index is 0.176. The van der Waals surface area contributed by atoms with Crippen LogP contribution >= 0.6 is 11.6 Å². The Hall–Kier alpha value is -1.35. The van der Waals surface area contributed by atoms with Crippen molar-refractivity contribution in [1.82, 2.24) is 0 Å². The molecule has 0 aromatic carbocycles. The highest BCUT2D eigenvalue weighted by molar-refractivity contribution is 6.63. The fraction of sp³-hybridized carbons (Fsp3) is 0.885. The molecule has 0 saturated carbocycles. The van der Waals surface area contributed by atoms with Crippen molar-refractivity contribution in [3.8, 4) is 0 Å². The number of carbonyl (C=O) groups excluding carboxylic acids is 2. The van der Waals surface area contributed by atoms with Crippen LogP contribution < -0.4 is 0 Å². The standard InChI is InChI=1S/C14H22ClF3O3.C12H24O3/c15-12(19)10-8-6-4-2-1-3-5-7-9-11-21-13(20)14(16,17)18;13-11-9-7-5-3-1-2-4-6-8-10-12(14)15/h1-11H2;13H,1-11H2,(H,14,15). The third kappa shape index (κ3) is 32.7. The first-order valence-corrected chi connectivity index (χ1v) is 13.7. The van der Waals surface area contributed by atoms with Crippen LogP contribution in [-0.4, -0.2) is 46.8 Å². The molecular formula is C26H46ClF3O6. The lowest BCUT2D eigenvalue weighted by atomic mass is 10.1. The van der Waals surface area contributed by atoms with Gasteiger partial charge in [0.05, 0.1) is 6.61 Å². The highest BCUT2D eigenvalue weighted by Gasteiger charge is 2.40.